The average Bonchev–Trinajstić information content (AvgIpc) is 3.10. The number of carbonyl (C=O) groups excluding carboxylic acids is 1. The van der Waals surface area contributed by atoms with Gasteiger partial charge in [-0.2, -0.15) is 5.26 Å². The highest BCUT2D eigenvalue weighted by Gasteiger charge is 2.43. The van der Waals surface area contributed by atoms with Gasteiger partial charge in [0.2, 0.25) is 5.91 Å². The van der Waals surface area contributed by atoms with Gasteiger partial charge in [-0.05, 0) is 6.07 Å². The summed E-state index contributed by atoms with van der Waals surface area (Å²) in [7, 11) is 2.00. The third kappa shape index (κ3) is 2.61. The molecule has 0 aromatic carbocycles. The Kier molecular flexibility index (Phi) is 3.68. The number of rotatable bonds is 3. The summed E-state index contributed by atoms with van der Waals surface area (Å²) in [6.07, 6.45) is 3.33. The number of fused-ring (bicyclic) bond motifs is 1. The minimum atomic E-state index is -0.106. The Balaban J connectivity index is 1.90. The number of likely N-dealkylation sites (tertiary alicyclic amines) is 1. The number of aromatic amines is 1. The van der Waals surface area contributed by atoms with Gasteiger partial charge in [-0.3, -0.25) is 4.79 Å². The van der Waals surface area contributed by atoms with Gasteiger partial charge in [-0.15, -0.1) is 0 Å². The fourth-order valence-corrected chi connectivity index (χ4v) is 3.42. The first-order chi connectivity index (χ1) is 10.9. The summed E-state index contributed by atoms with van der Waals surface area (Å²) in [4.78, 5) is 27.7. The Morgan fingerprint density at radius 2 is 2.35 bits per heavy atom. The Bertz CT molecular complexity index is 774. The summed E-state index contributed by atoms with van der Waals surface area (Å²) in [5, 5.41) is 9.71. The zero-order chi connectivity index (χ0) is 16.6. The van der Waals surface area contributed by atoms with Crippen molar-refractivity contribution < 1.29 is 4.79 Å². The first-order valence-corrected chi connectivity index (χ1v) is 7.59. The van der Waals surface area contributed by atoms with Crippen LogP contribution in [0.25, 0.3) is 11.0 Å². The van der Waals surface area contributed by atoms with Crippen LogP contribution in [0.3, 0.4) is 0 Å². The fourth-order valence-electron chi connectivity index (χ4n) is 3.42. The number of aromatic nitrogens is 3. The van der Waals surface area contributed by atoms with Gasteiger partial charge in [-0.1, -0.05) is 13.8 Å². The molecule has 3 rings (SSSR count). The molecule has 1 aliphatic rings. The molecule has 1 atom stereocenters. The van der Waals surface area contributed by atoms with E-state index in [9.17, 15) is 4.79 Å². The predicted molar refractivity (Wildman–Crippen MR) is 86.7 cm³/mol. The summed E-state index contributed by atoms with van der Waals surface area (Å²) in [6, 6.07) is 4.02. The van der Waals surface area contributed by atoms with Crippen molar-refractivity contribution in [3.05, 3.63) is 18.6 Å². The van der Waals surface area contributed by atoms with Gasteiger partial charge in [0.1, 0.15) is 24.2 Å². The molecule has 3 heterocycles. The van der Waals surface area contributed by atoms with Crippen molar-refractivity contribution in [2.45, 2.75) is 26.3 Å². The van der Waals surface area contributed by atoms with Crippen LogP contribution in [-0.2, 0) is 4.79 Å². The van der Waals surface area contributed by atoms with E-state index in [4.69, 9.17) is 5.26 Å². The molecule has 2 aromatic rings. The van der Waals surface area contributed by atoms with Gasteiger partial charge in [0.25, 0.3) is 0 Å². The lowest BCUT2D eigenvalue weighted by Gasteiger charge is -2.34. The van der Waals surface area contributed by atoms with Crippen LogP contribution in [0.15, 0.2) is 18.6 Å². The van der Waals surface area contributed by atoms with Crippen molar-refractivity contribution in [3.8, 4) is 6.07 Å². The lowest BCUT2D eigenvalue weighted by molar-refractivity contribution is -0.129. The SMILES string of the molecule is CN(c1ncnc2[nH]ccc12)C1CN(C(=O)CC#N)CC1(C)C. The summed E-state index contributed by atoms with van der Waals surface area (Å²) in [6.45, 7) is 5.52. The zero-order valence-corrected chi connectivity index (χ0v) is 13.6. The van der Waals surface area contributed by atoms with E-state index < -0.39 is 0 Å². The Labute approximate surface area is 134 Å². The molecular formula is C16H20N6O. The number of nitriles is 1. The molecule has 0 saturated carbocycles. The minimum absolute atomic E-state index is 0.0674. The van der Waals surface area contributed by atoms with Crippen LogP contribution in [0.5, 0.6) is 0 Å². The van der Waals surface area contributed by atoms with Crippen molar-refractivity contribution >= 4 is 22.8 Å². The molecule has 0 spiro atoms. The molecule has 7 heteroatoms. The smallest absolute Gasteiger partial charge is 0.236 e. The lowest BCUT2D eigenvalue weighted by atomic mass is 9.87. The fraction of sp³-hybridized carbons (Fsp3) is 0.500. The first kappa shape index (κ1) is 15.3. The second-order valence-corrected chi connectivity index (χ2v) is 6.66. The number of nitrogens with zero attached hydrogens (tertiary/aromatic N) is 5. The standard InChI is InChI=1S/C16H20N6O/c1-16(2)9-22(13(23)4-6-17)8-12(16)21(3)15-11-5-7-18-14(11)19-10-20-15/h5,7,10,12H,4,8-9H2,1-3H3,(H,18,19,20). The monoisotopic (exact) mass is 312 g/mol. The summed E-state index contributed by atoms with van der Waals surface area (Å²) >= 11 is 0. The molecule has 0 radical (unpaired) electrons. The summed E-state index contributed by atoms with van der Waals surface area (Å²) in [5.74, 6) is 0.745. The average molecular weight is 312 g/mol. The second-order valence-electron chi connectivity index (χ2n) is 6.66. The van der Waals surface area contributed by atoms with Crippen molar-refractivity contribution in [2.75, 3.05) is 25.0 Å². The molecule has 1 saturated heterocycles. The molecule has 7 nitrogen and oxygen atoms in total. The number of amides is 1. The Morgan fingerprint density at radius 3 is 3.09 bits per heavy atom. The van der Waals surface area contributed by atoms with E-state index >= 15 is 0 Å². The van der Waals surface area contributed by atoms with Gasteiger partial charge in [-0.25, -0.2) is 9.97 Å². The maximum atomic E-state index is 12.1. The van der Waals surface area contributed by atoms with Crippen LogP contribution in [0.1, 0.15) is 20.3 Å². The number of hydrogen-bond donors (Lipinski definition) is 1. The van der Waals surface area contributed by atoms with E-state index in [1.54, 1.807) is 11.2 Å². The molecule has 1 aliphatic heterocycles. The number of H-pyrrole nitrogens is 1. The van der Waals surface area contributed by atoms with Gasteiger partial charge in [0.15, 0.2) is 0 Å². The number of nitrogens with one attached hydrogen (secondary N) is 1. The van der Waals surface area contributed by atoms with Gasteiger partial charge < -0.3 is 14.8 Å². The van der Waals surface area contributed by atoms with Crippen LogP contribution in [0.2, 0.25) is 0 Å². The number of carbonyl (C=O) groups is 1. The molecule has 2 aromatic heterocycles. The van der Waals surface area contributed by atoms with E-state index in [2.05, 4.69) is 33.7 Å². The minimum Gasteiger partial charge on any atom is -0.354 e. The van der Waals surface area contributed by atoms with E-state index in [1.165, 1.54) is 0 Å². The van der Waals surface area contributed by atoms with E-state index in [1.807, 2.05) is 25.4 Å². The molecular weight excluding hydrogens is 292 g/mol. The summed E-state index contributed by atoms with van der Waals surface area (Å²) < 4.78 is 0. The van der Waals surface area contributed by atoms with Crippen LogP contribution in [-0.4, -0.2) is 51.9 Å². The highest BCUT2D eigenvalue weighted by Crippen LogP contribution is 2.36. The Hall–Kier alpha value is -2.62. The normalized spacial score (nSPS) is 19.7. The third-order valence-electron chi connectivity index (χ3n) is 4.61. The molecule has 120 valence electrons. The Morgan fingerprint density at radius 1 is 1.57 bits per heavy atom. The lowest BCUT2D eigenvalue weighted by Crippen LogP contribution is -2.43. The van der Waals surface area contributed by atoms with Gasteiger partial charge >= 0.3 is 0 Å². The molecule has 23 heavy (non-hydrogen) atoms. The molecule has 1 unspecified atom stereocenters. The molecule has 0 bridgehead atoms. The van der Waals surface area contributed by atoms with E-state index in [-0.39, 0.29) is 23.8 Å². The number of likely N-dealkylation sites (N-methyl/N-ethyl adjacent to an activating group) is 1. The van der Waals surface area contributed by atoms with Crippen LogP contribution in [0.4, 0.5) is 5.82 Å². The van der Waals surface area contributed by atoms with Crippen LogP contribution in [0, 0.1) is 16.7 Å². The van der Waals surface area contributed by atoms with Crippen molar-refractivity contribution in [3.63, 3.8) is 0 Å². The molecule has 1 N–H and O–H groups in total. The van der Waals surface area contributed by atoms with Crippen molar-refractivity contribution in [1.29, 1.82) is 5.26 Å². The maximum absolute atomic E-state index is 12.1. The van der Waals surface area contributed by atoms with Gasteiger partial charge in [0, 0.05) is 31.7 Å². The van der Waals surface area contributed by atoms with E-state index in [0.717, 1.165) is 16.9 Å². The van der Waals surface area contributed by atoms with Crippen molar-refractivity contribution in [2.24, 2.45) is 5.41 Å². The van der Waals surface area contributed by atoms with Crippen molar-refractivity contribution in [1.82, 2.24) is 19.9 Å². The topological polar surface area (TPSA) is 88.9 Å². The first-order valence-electron chi connectivity index (χ1n) is 7.59. The summed E-state index contributed by atoms with van der Waals surface area (Å²) in [5.41, 5.74) is 0.711. The van der Waals surface area contributed by atoms with Crippen LogP contribution < -0.4 is 4.90 Å². The predicted octanol–water partition coefficient (Wildman–Crippen LogP) is 1.54. The molecule has 0 aliphatic carbocycles. The zero-order valence-electron chi connectivity index (χ0n) is 13.6. The van der Waals surface area contributed by atoms with Crippen LogP contribution >= 0.6 is 0 Å². The second kappa shape index (κ2) is 5.54. The number of anilines is 1. The highest BCUT2D eigenvalue weighted by atomic mass is 16.2. The highest BCUT2D eigenvalue weighted by molar-refractivity contribution is 5.87. The largest absolute Gasteiger partial charge is 0.354 e. The number of hydrogen-bond acceptors (Lipinski definition) is 5. The van der Waals surface area contributed by atoms with E-state index in [0.29, 0.717) is 13.1 Å². The molecule has 1 amide bonds. The quantitative estimate of drug-likeness (QED) is 0.928. The van der Waals surface area contributed by atoms with Gasteiger partial charge in [0.05, 0.1) is 17.5 Å². The molecule has 1 fully saturated rings. The third-order valence-corrected chi connectivity index (χ3v) is 4.61. The maximum Gasteiger partial charge on any atom is 0.236 e.